The molecule has 1 amide bonds. The Balaban J connectivity index is 1.44. The van der Waals surface area contributed by atoms with Crippen molar-refractivity contribution in [2.75, 3.05) is 12.9 Å². The van der Waals surface area contributed by atoms with E-state index < -0.39 is 0 Å². The number of carbonyl (C=O) groups excluding carboxylic acids is 1. The van der Waals surface area contributed by atoms with Crippen molar-refractivity contribution in [3.05, 3.63) is 79.9 Å². The number of nitrogens with one attached hydrogen (secondary N) is 1. The molecule has 190 valence electrons. The Kier molecular flexibility index (Phi) is 7.64. The monoisotopic (exact) mass is 552 g/mol. The summed E-state index contributed by atoms with van der Waals surface area (Å²) < 4.78 is 6.88. The van der Waals surface area contributed by atoms with Crippen LogP contribution in [0.1, 0.15) is 35.8 Å². The number of amides is 1. The average Bonchev–Trinajstić information content (AvgIpc) is 3.30. The maximum Gasteiger partial charge on any atom is 0.267 e. The summed E-state index contributed by atoms with van der Waals surface area (Å²) in [6.07, 6.45) is 4.08. The van der Waals surface area contributed by atoms with Crippen LogP contribution in [0.3, 0.4) is 0 Å². The van der Waals surface area contributed by atoms with E-state index in [-0.39, 0.29) is 17.2 Å². The van der Waals surface area contributed by atoms with Crippen molar-refractivity contribution in [3.8, 4) is 11.4 Å². The molecule has 2 aromatic carbocycles. The number of hydrogen-bond donors (Lipinski definition) is 1. The molecule has 1 aliphatic carbocycles. The lowest BCUT2D eigenvalue weighted by Crippen LogP contribution is -2.24. The summed E-state index contributed by atoms with van der Waals surface area (Å²) >= 11 is 8.75. The van der Waals surface area contributed by atoms with Gasteiger partial charge in [-0.2, -0.15) is 5.10 Å². The molecule has 0 saturated heterocycles. The molecule has 4 aromatic rings. The number of fused-ring (bicyclic) bond motifs is 3. The molecule has 0 spiro atoms. The van der Waals surface area contributed by atoms with E-state index in [0.29, 0.717) is 32.7 Å². The van der Waals surface area contributed by atoms with Crippen LogP contribution < -0.4 is 15.7 Å². The number of hydrazone groups is 1. The average molecular weight is 553 g/mol. The van der Waals surface area contributed by atoms with Crippen LogP contribution >= 0.6 is 34.7 Å². The van der Waals surface area contributed by atoms with E-state index in [1.165, 1.54) is 16.6 Å². The van der Waals surface area contributed by atoms with Crippen LogP contribution in [0.2, 0.25) is 5.02 Å². The number of halogens is 1. The van der Waals surface area contributed by atoms with Gasteiger partial charge in [-0.3, -0.25) is 14.2 Å². The van der Waals surface area contributed by atoms with E-state index in [1.807, 2.05) is 43.3 Å². The quantitative estimate of drug-likeness (QED) is 0.139. The first-order valence-electron chi connectivity index (χ1n) is 11.9. The number of hydrogen-bond acceptors (Lipinski definition) is 7. The van der Waals surface area contributed by atoms with Crippen LogP contribution in [0.4, 0.5) is 0 Å². The van der Waals surface area contributed by atoms with Crippen molar-refractivity contribution in [2.24, 2.45) is 5.10 Å². The fourth-order valence-corrected chi connectivity index (χ4v) is 6.54. The number of thiophene rings is 1. The molecule has 2 aromatic heterocycles. The van der Waals surface area contributed by atoms with E-state index in [4.69, 9.17) is 21.3 Å². The molecular weight excluding hydrogens is 528 g/mol. The summed E-state index contributed by atoms with van der Waals surface area (Å²) in [5, 5.41) is 6.01. The van der Waals surface area contributed by atoms with Gasteiger partial charge in [-0.05, 0) is 80.1 Å². The van der Waals surface area contributed by atoms with E-state index >= 15 is 0 Å². The van der Waals surface area contributed by atoms with Gasteiger partial charge in [-0.1, -0.05) is 35.5 Å². The van der Waals surface area contributed by atoms with E-state index in [1.54, 1.807) is 35.1 Å². The predicted octanol–water partition coefficient (Wildman–Crippen LogP) is 5.62. The SMILES string of the molecule is COc1ccc(-n2c(SCC(=O)NN=C(C)c3ccc(Cl)cc3)nc3sc4c(c3c2=O)CCCC4)cc1. The number of aromatic nitrogens is 2. The Labute approximate surface area is 227 Å². The maximum absolute atomic E-state index is 13.8. The van der Waals surface area contributed by atoms with Gasteiger partial charge in [-0.15, -0.1) is 11.3 Å². The van der Waals surface area contributed by atoms with Crippen molar-refractivity contribution in [2.45, 2.75) is 37.8 Å². The number of ether oxygens (including phenoxy) is 1. The molecule has 0 unspecified atom stereocenters. The molecule has 0 atom stereocenters. The Morgan fingerprint density at radius 2 is 1.89 bits per heavy atom. The number of nitrogens with zero attached hydrogens (tertiary/aromatic N) is 3. The van der Waals surface area contributed by atoms with Crippen molar-refractivity contribution in [1.29, 1.82) is 0 Å². The topological polar surface area (TPSA) is 85.6 Å². The number of benzene rings is 2. The molecule has 0 aliphatic heterocycles. The van der Waals surface area contributed by atoms with Gasteiger partial charge in [0.05, 0.1) is 29.6 Å². The van der Waals surface area contributed by atoms with Gasteiger partial charge in [0.15, 0.2) is 5.16 Å². The summed E-state index contributed by atoms with van der Waals surface area (Å²) in [5.41, 5.74) is 5.82. The molecule has 2 heterocycles. The summed E-state index contributed by atoms with van der Waals surface area (Å²) in [6.45, 7) is 1.81. The largest absolute Gasteiger partial charge is 0.497 e. The Morgan fingerprint density at radius 3 is 2.62 bits per heavy atom. The van der Waals surface area contributed by atoms with Crippen LogP contribution in [0.5, 0.6) is 5.75 Å². The zero-order valence-corrected chi connectivity index (χ0v) is 22.8. The lowest BCUT2D eigenvalue weighted by atomic mass is 9.97. The third kappa shape index (κ3) is 5.44. The number of aryl methyl sites for hydroxylation is 2. The highest BCUT2D eigenvalue weighted by molar-refractivity contribution is 7.99. The van der Waals surface area contributed by atoms with Crippen LogP contribution in [0, 0.1) is 0 Å². The number of methoxy groups -OCH3 is 1. The lowest BCUT2D eigenvalue weighted by molar-refractivity contribution is -0.118. The molecule has 37 heavy (non-hydrogen) atoms. The first-order chi connectivity index (χ1) is 17.9. The number of rotatable bonds is 7. The van der Waals surface area contributed by atoms with Crippen molar-refractivity contribution >= 4 is 56.5 Å². The van der Waals surface area contributed by atoms with Gasteiger partial charge in [-0.25, -0.2) is 10.4 Å². The van der Waals surface area contributed by atoms with Gasteiger partial charge < -0.3 is 4.74 Å². The Morgan fingerprint density at radius 1 is 1.16 bits per heavy atom. The van der Waals surface area contributed by atoms with Crippen molar-refractivity contribution in [3.63, 3.8) is 0 Å². The van der Waals surface area contributed by atoms with E-state index in [9.17, 15) is 9.59 Å². The van der Waals surface area contributed by atoms with Crippen LogP contribution in [-0.2, 0) is 17.6 Å². The summed E-state index contributed by atoms with van der Waals surface area (Å²) in [4.78, 5) is 33.3. The summed E-state index contributed by atoms with van der Waals surface area (Å²) in [6, 6.07) is 14.5. The minimum Gasteiger partial charge on any atom is -0.497 e. The minimum absolute atomic E-state index is 0.0522. The predicted molar refractivity (Wildman–Crippen MR) is 151 cm³/mol. The normalized spacial score (nSPS) is 13.4. The second-order valence-electron chi connectivity index (χ2n) is 8.65. The van der Waals surface area contributed by atoms with Gasteiger partial charge >= 0.3 is 0 Å². The minimum atomic E-state index is -0.292. The van der Waals surface area contributed by atoms with Crippen LogP contribution in [0.15, 0.2) is 63.6 Å². The number of thioether (sulfide) groups is 1. The third-order valence-electron chi connectivity index (χ3n) is 6.23. The third-order valence-corrected chi connectivity index (χ3v) is 8.61. The Bertz CT molecular complexity index is 1540. The van der Waals surface area contributed by atoms with Crippen molar-refractivity contribution < 1.29 is 9.53 Å². The molecule has 1 aliphatic rings. The van der Waals surface area contributed by atoms with E-state index in [0.717, 1.165) is 41.6 Å². The van der Waals surface area contributed by atoms with Gasteiger partial charge in [0, 0.05) is 9.90 Å². The molecule has 0 fully saturated rings. The molecule has 7 nitrogen and oxygen atoms in total. The number of carbonyl (C=O) groups is 1. The van der Waals surface area contributed by atoms with Gasteiger partial charge in [0.1, 0.15) is 10.6 Å². The summed E-state index contributed by atoms with van der Waals surface area (Å²) in [7, 11) is 1.60. The zero-order chi connectivity index (χ0) is 25.9. The van der Waals surface area contributed by atoms with Crippen LogP contribution in [-0.4, -0.2) is 34.0 Å². The first kappa shape index (κ1) is 25.5. The lowest BCUT2D eigenvalue weighted by Gasteiger charge is -2.14. The molecule has 10 heteroatoms. The smallest absolute Gasteiger partial charge is 0.267 e. The molecule has 0 radical (unpaired) electrons. The van der Waals surface area contributed by atoms with Gasteiger partial charge in [0.25, 0.3) is 11.5 Å². The van der Waals surface area contributed by atoms with Crippen LogP contribution in [0.25, 0.3) is 15.9 Å². The highest BCUT2D eigenvalue weighted by atomic mass is 35.5. The second-order valence-corrected chi connectivity index (χ2v) is 11.1. The fourth-order valence-electron chi connectivity index (χ4n) is 4.31. The fraction of sp³-hybridized carbons (Fsp3) is 0.259. The Hall–Kier alpha value is -3.14. The van der Waals surface area contributed by atoms with Crippen molar-refractivity contribution in [1.82, 2.24) is 15.0 Å². The maximum atomic E-state index is 13.8. The molecular formula is C27H25ClN4O3S2. The highest BCUT2D eigenvalue weighted by Crippen LogP contribution is 2.35. The summed E-state index contributed by atoms with van der Waals surface area (Å²) in [5.74, 6) is 0.456. The standard InChI is InChI=1S/C27H25ClN4O3S2/c1-16(17-7-9-18(28)10-8-17)30-31-23(33)15-36-27-29-25-24(21-5-3-4-6-22(21)37-25)26(34)32(27)19-11-13-20(35-2)14-12-19/h7-14H,3-6,15H2,1-2H3,(H,31,33). The van der Waals surface area contributed by atoms with E-state index in [2.05, 4.69) is 10.5 Å². The molecule has 5 rings (SSSR count). The zero-order valence-electron chi connectivity index (χ0n) is 20.4. The molecule has 1 N–H and O–H groups in total. The first-order valence-corrected chi connectivity index (χ1v) is 14.1. The highest BCUT2D eigenvalue weighted by Gasteiger charge is 2.23. The van der Waals surface area contributed by atoms with Gasteiger partial charge in [0.2, 0.25) is 0 Å². The second kappa shape index (κ2) is 11.1. The molecule has 0 saturated carbocycles. The molecule has 0 bridgehead atoms.